The molecule has 0 bridgehead atoms. The average molecular weight is 296 g/mol. The number of nitrogens with two attached hydrogens (primary N) is 1. The minimum atomic E-state index is -3.28. The van der Waals surface area contributed by atoms with E-state index in [1.807, 2.05) is 6.07 Å². The second-order valence-electron chi connectivity index (χ2n) is 5.86. The number of nitrogens with one attached hydrogen (secondary N) is 1. The Morgan fingerprint density at radius 1 is 1.20 bits per heavy atom. The Labute approximate surface area is 121 Å². The summed E-state index contributed by atoms with van der Waals surface area (Å²) in [6.45, 7) is 2.25. The summed E-state index contributed by atoms with van der Waals surface area (Å²) in [6, 6.07) is 5.54. The number of sulfone groups is 1. The van der Waals surface area contributed by atoms with E-state index in [0.29, 0.717) is 17.6 Å². The highest BCUT2D eigenvalue weighted by Crippen LogP contribution is 2.31. The van der Waals surface area contributed by atoms with E-state index >= 15 is 0 Å². The maximum atomic E-state index is 11.7. The summed E-state index contributed by atoms with van der Waals surface area (Å²) >= 11 is 0. The molecule has 112 valence electrons. The third kappa shape index (κ3) is 3.45. The molecule has 5 heteroatoms. The highest BCUT2D eigenvalue weighted by Gasteiger charge is 2.21. The summed E-state index contributed by atoms with van der Waals surface area (Å²) in [4.78, 5) is 0.212. The summed E-state index contributed by atoms with van der Waals surface area (Å²) in [7, 11) is -3.28. The fourth-order valence-corrected chi connectivity index (χ4v) is 3.74. The van der Waals surface area contributed by atoms with E-state index in [9.17, 15) is 8.42 Å². The first kappa shape index (κ1) is 15.2. The van der Waals surface area contributed by atoms with Crippen molar-refractivity contribution in [3.05, 3.63) is 18.2 Å². The van der Waals surface area contributed by atoms with Crippen LogP contribution in [0.15, 0.2) is 23.1 Å². The van der Waals surface area contributed by atoms with Gasteiger partial charge in [-0.15, -0.1) is 0 Å². The molecule has 1 aliphatic rings. The topological polar surface area (TPSA) is 72.2 Å². The molecular formula is C15H24N2O2S. The van der Waals surface area contributed by atoms with Gasteiger partial charge in [-0.05, 0) is 30.9 Å². The third-order valence-corrected chi connectivity index (χ3v) is 5.32. The molecule has 2 unspecified atom stereocenters. The van der Waals surface area contributed by atoms with Crippen molar-refractivity contribution >= 4 is 21.2 Å². The Kier molecular flexibility index (Phi) is 4.58. The average Bonchev–Trinajstić information content (AvgIpc) is 2.56. The fourth-order valence-electron chi connectivity index (χ4n) is 2.90. The molecule has 0 amide bonds. The molecule has 1 aromatic carbocycles. The van der Waals surface area contributed by atoms with Crippen molar-refractivity contribution in [2.45, 2.75) is 50.0 Å². The van der Waals surface area contributed by atoms with Crippen molar-refractivity contribution in [2.24, 2.45) is 5.92 Å². The molecule has 0 aliphatic heterocycles. The van der Waals surface area contributed by atoms with Crippen molar-refractivity contribution < 1.29 is 8.42 Å². The van der Waals surface area contributed by atoms with E-state index in [4.69, 9.17) is 5.73 Å². The summed E-state index contributed by atoms with van der Waals surface area (Å²) in [5.74, 6) is 0.582. The van der Waals surface area contributed by atoms with Crippen molar-refractivity contribution in [3.63, 3.8) is 0 Å². The first-order valence-corrected chi connectivity index (χ1v) is 9.14. The predicted molar refractivity (Wildman–Crippen MR) is 83.6 cm³/mol. The quantitative estimate of drug-likeness (QED) is 0.664. The molecule has 1 fully saturated rings. The van der Waals surface area contributed by atoms with Gasteiger partial charge < -0.3 is 11.1 Å². The first-order valence-electron chi connectivity index (χ1n) is 7.24. The molecule has 0 spiro atoms. The van der Waals surface area contributed by atoms with Gasteiger partial charge >= 0.3 is 0 Å². The van der Waals surface area contributed by atoms with Crippen LogP contribution in [0.1, 0.15) is 39.0 Å². The number of nitrogen functional groups attached to an aromatic ring is 1. The summed E-state index contributed by atoms with van der Waals surface area (Å²) in [5, 5.41) is 3.46. The van der Waals surface area contributed by atoms with Crippen LogP contribution in [0.3, 0.4) is 0 Å². The van der Waals surface area contributed by atoms with E-state index in [0.717, 1.165) is 12.1 Å². The molecule has 1 aromatic rings. The van der Waals surface area contributed by atoms with Crippen LogP contribution in [0.4, 0.5) is 11.4 Å². The molecule has 20 heavy (non-hydrogen) atoms. The van der Waals surface area contributed by atoms with E-state index in [-0.39, 0.29) is 4.90 Å². The maximum Gasteiger partial charge on any atom is 0.177 e. The monoisotopic (exact) mass is 296 g/mol. The molecule has 0 saturated heterocycles. The Balaban J connectivity index is 2.25. The van der Waals surface area contributed by atoms with Gasteiger partial charge in [0, 0.05) is 12.3 Å². The Morgan fingerprint density at radius 3 is 2.60 bits per heavy atom. The normalized spacial score (nSPS) is 24.1. The van der Waals surface area contributed by atoms with E-state index in [1.165, 1.54) is 31.9 Å². The molecule has 2 rings (SSSR count). The number of benzene rings is 1. The lowest BCUT2D eigenvalue weighted by Crippen LogP contribution is -2.26. The van der Waals surface area contributed by atoms with Gasteiger partial charge in [0.2, 0.25) is 0 Å². The smallest absolute Gasteiger partial charge is 0.177 e. The summed E-state index contributed by atoms with van der Waals surface area (Å²) in [5.41, 5.74) is 7.11. The second kappa shape index (κ2) is 6.04. The number of para-hydroxylation sites is 1. The zero-order valence-corrected chi connectivity index (χ0v) is 13.0. The maximum absolute atomic E-state index is 11.7. The van der Waals surface area contributed by atoms with Crippen molar-refractivity contribution in [3.8, 4) is 0 Å². The summed E-state index contributed by atoms with van der Waals surface area (Å²) < 4.78 is 23.4. The van der Waals surface area contributed by atoms with Crippen LogP contribution in [-0.2, 0) is 9.84 Å². The molecule has 1 saturated carbocycles. The molecule has 1 aliphatic carbocycles. The fraction of sp³-hybridized carbons (Fsp3) is 0.600. The lowest BCUT2D eigenvalue weighted by Gasteiger charge is -2.25. The van der Waals surface area contributed by atoms with Crippen molar-refractivity contribution in [1.82, 2.24) is 0 Å². The van der Waals surface area contributed by atoms with Crippen LogP contribution < -0.4 is 11.1 Å². The van der Waals surface area contributed by atoms with Gasteiger partial charge in [-0.3, -0.25) is 0 Å². The van der Waals surface area contributed by atoms with E-state index in [2.05, 4.69) is 12.2 Å². The molecular weight excluding hydrogens is 272 g/mol. The Morgan fingerprint density at radius 2 is 1.90 bits per heavy atom. The summed E-state index contributed by atoms with van der Waals surface area (Å²) in [6.07, 6.45) is 7.29. The minimum absolute atomic E-state index is 0.212. The van der Waals surface area contributed by atoms with Gasteiger partial charge in [0.15, 0.2) is 9.84 Å². The lowest BCUT2D eigenvalue weighted by atomic mass is 9.96. The molecule has 0 radical (unpaired) electrons. The van der Waals surface area contributed by atoms with Crippen LogP contribution >= 0.6 is 0 Å². The molecule has 4 nitrogen and oxygen atoms in total. The number of hydrogen-bond acceptors (Lipinski definition) is 4. The van der Waals surface area contributed by atoms with Crippen LogP contribution in [0.25, 0.3) is 0 Å². The van der Waals surface area contributed by atoms with Gasteiger partial charge in [0.05, 0.1) is 16.3 Å². The largest absolute Gasteiger partial charge is 0.396 e. The van der Waals surface area contributed by atoms with Crippen LogP contribution in [0.5, 0.6) is 0 Å². The zero-order valence-electron chi connectivity index (χ0n) is 12.2. The third-order valence-electron chi connectivity index (χ3n) is 4.17. The van der Waals surface area contributed by atoms with Crippen LogP contribution in [0.2, 0.25) is 0 Å². The van der Waals surface area contributed by atoms with Crippen LogP contribution in [0, 0.1) is 5.92 Å². The highest BCUT2D eigenvalue weighted by molar-refractivity contribution is 7.90. The van der Waals surface area contributed by atoms with Gasteiger partial charge in [-0.1, -0.05) is 32.3 Å². The van der Waals surface area contributed by atoms with Gasteiger partial charge in [-0.2, -0.15) is 0 Å². The van der Waals surface area contributed by atoms with Crippen molar-refractivity contribution in [2.75, 3.05) is 17.3 Å². The zero-order chi connectivity index (χ0) is 14.8. The second-order valence-corrected chi connectivity index (χ2v) is 7.84. The molecule has 2 atom stereocenters. The number of anilines is 2. The SMILES string of the molecule is CC1CCCCCC1Nc1cccc(S(C)(=O)=O)c1N. The first-order chi connectivity index (χ1) is 9.39. The standard InChI is InChI=1S/C15H24N2O2S/c1-11-7-4-3-5-8-12(11)17-13-9-6-10-14(15(13)16)20(2,18)19/h6,9-12,17H,3-5,7-8,16H2,1-2H3. The Bertz CT molecular complexity index is 569. The predicted octanol–water partition coefficient (Wildman–Crippen LogP) is 3.05. The minimum Gasteiger partial charge on any atom is -0.396 e. The number of rotatable bonds is 3. The molecule has 3 N–H and O–H groups in total. The van der Waals surface area contributed by atoms with Crippen molar-refractivity contribution in [1.29, 1.82) is 0 Å². The van der Waals surface area contributed by atoms with Gasteiger partial charge in [-0.25, -0.2) is 8.42 Å². The van der Waals surface area contributed by atoms with E-state index in [1.54, 1.807) is 12.1 Å². The van der Waals surface area contributed by atoms with Gasteiger partial charge in [0.1, 0.15) is 0 Å². The lowest BCUT2D eigenvalue weighted by molar-refractivity contribution is 0.457. The highest BCUT2D eigenvalue weighted by atomic mass is 32.2. The Hall–Kier alpha value is -1.23. The number of hydrogen-bond donors (Lipinski definition) is 2. The van der Waals surface area contributed by atoms with Gasteiger partial charge in [0.25, 0.3) is 0 Å². The van der Waals surface area contributed by atoms with Crippen LogP contribution in [-0.4, -0.2) is 20.7 Å². The molecule has 0 heterocycles. The molecule has 0 aromatic heterocycles. The van der Waals surface area contributed by atoms with E-state index < -0.39 is 9.84 Å².